The zero-order valence-electron chi connectivity index (χ0n) is 12.7. The maximum Gasteiger partial charge on any atom is 0.253 e. The van der Waals surface area contributed by atoms with Gasteiger partial charge in [0.2, 0.25) is 0 Å². The van der Waals surface area contributed by atoms with Gasteiger partial charge in [0.05, 0.1) is 6.07 Å². The second kappa shape index (κ2) is 5.82. The third-order valence-electron chi connectivity index (χ3n) is 4.04. The van der Waals surface area contributed by atoms with Gasteiger partial charge in [-0.3, -0.25) is 9.69 Å². The third-order valence-corrected chi connectivity index (χ3v) is 4.04. The van der Waals surface area contributed by atoms with Gasteiger partial charge in [0, 0.05) is 31.7 Å². The average Bonchev–Trinajstić information content (AvgIpc) is 2.49. The standard InChI is InChI=1S/C16H20FN3O/c1-12-10-13(4-5-14(12)17)15(21)19-6-8-20(9-7-19)16(2,3)11-18/h4-5,10H,6-9H2,1-3H3. The Bertz CT molecular complexity index is 584. The number of nitrogens with zero attached hydrogens (tertiary/aromatic N) is 3. The summed E-state index contributed by atoms with van der Waals surface area (Å²) in [5.74, 6) is -0.375. The van der Waals surface area contributed by atoms with Crippen LogP contribution in [0.5, 0.6) is 0 Å². The molecule has 1 heterocycles. The number of carbonyl (C=O) groups is 1. The second-order valence-electron chi connectivity index (χ2n) is 5.91. The van der Waals surface area contributed by atoms with Crippen molar-refractivity contribution < 1.29 is 9.18 Å². The number of benzene rings is 1. The van der Waals surface area contributed by atoms with Crippen LogP contribution < -0.4 is 0 Å². The topological polar surface area (TPSA) is 47.3 Å². The fourth-order valence-corrected chi connectivity index (χ4v) is 2.50. The number of hydrogen-bond donors (Lipinski definition) is 0. The molecular weight excluding hydrogens is 269 g/mol. The molecule has 1 fully saturated rings. The van der Waals surface area contributed by atoms with Gasteiger partial charge >= 0.3 is 0 Å². The van der Waals surface area contributed by atoms with Crippen LogP contribution in [0.2, 0.25) is 0 Å². The van der Waals surface area contributed by atoms with Gasteiger partial charge in [-0.15, -0.1) is 0 Å². The van der Waals surface area contributed by atoms with Gasteiger partial charge in [-0.2, -0.15) is 5.26 Å². The van der Waals surface area contributed by atoms with E-state index < -0.39 is 5.54 Å². The fraction of sp³-hybridized carbons (Fsp3) is 0.500. The summed E-state index contributed by atoms with van der Waals surface area (Å²) in [7, 11) is 0. The van der Waals surface area contributed by atoms with E-state index in [4.69, 9.17) is 5.26 Å². The summed E-state index contributed by atoms with van der Waals surface area (Å²) >= 11 is 0. The summed E-state index contributed by atoms with van der Waals surface area (Å²) in [6.45, 7) is 7.93. The lowest BCUT2D eigenvalue weighted by atomic mass is 10.0. The summed E-state index contributed by atoms with van der Waals surface area (Å²) in [5.41, 5.74) is 0.480. The number of amides is 1. The van der Waals surface area contributed by atoms with Gasteiger partial charge < -0.3 is 4.90 Å². The molecule has 1 aliphatic heterocycles. The van der Waals surface area contributed by atoms with E-state index in [1.54, 1.807) is 17.9 Å². The van der Waals surface area contributed by atoms with Gasteiger partial charge in [0.1, 0.15) is 11.4 Å². The van der Waals surface area contributed by atoms with E-state index in [9.17, 15) is 9.18 Å². The Morgan fingerprint density at radius 1 is 1.29 bits per heavy atom. The predicted molar refractivity (Wildman–Crippen MR) is 78.3 cm³/mol. The van der Waals surface area contributed by atoms with Crippen LogP contribution in [0.1, 0.15) is 29.8 Å². The van der Waals surface area contributed by atoms with Crippen LogP contribution in [0.15, 0.2) is 18.2 Å². The highest BCUT2D eigenvalue weighted by Gasteiger charge is 2.31. The van der Waals surface area contributed by atoms with Gasteiger partial charge in [-0.25, -0.2) is 4.39 Å². The average molecular weight is 289 g/mol. The molecular formula is C16H20FN3O. The lowest BCUT2D eigenvalue weighted by molar-refractivity contribution is 0.0521. The smallest absolute Gasteiger partial charge is 0.253 e. The quantitative estimate of drug-likeness (QED) is 0.838. The zero-order valence-corrected chi connectivity index (χ0v) is 12.7. The molecule has 0 N–H and O–H groups in total. The van der Waals surface area contributed by atoms with Crippen molar-refractivity contribution in [3.05, 3.63) is 35.1 Å². The Labute approximate surface area is 124 Å². The van der Waals surface area contributed by atoms with Gasteiger partial charge in [0.15, 0.2) is 0 Å². The van der Waals surface area contributed by atoms with E-state index in [1.165, 1.54) is 12.1 Å². The lowest BCUT2D eigenvalue weighted by Gasteiger charge is -2.40. The summed E-state index contributed by atoms with van der Waals surface area (Å²) in [4.78, 5) is 16.2. The molecule has 0 radical (unpaired) electrons. The first-order chi connectivity index (χ1) is 9.85. The van der Waals surface area contributed by atoms with Gasteiger partial charge in [-0.1, -0.05) is 0 Å². The minimum absolute atomic E-state index is 0.0764. The Balaban J connectivity index is 2.04. The molecule has 0 bridgehead atoms. The SMILES string of the molecule is Cc1cc(C(=O)N2CCN(C(C)(C)C#N)CC2)ccc1F. The number of piperazine rings is 1. The predicted octanol–water partition coefficient (Wildman–Crippen LogP) is 2.19. The van der Waals surface area contributed by atoms with Crippen molar-refractivity contribution in [1.29, 1.82) is 5.26 Å². The summed E-state index contributed by atoms with van der Waals surface area (Å²) < 4.78 is 13.3. The lowest BCUT2D eigenvalue weighted by Crippen LogP contribution is -2.55. The van der Waals surface area contributed by atoms with Crippen LogP contribution >= 0.6 is 0 Å². The normalized spacial score (nSPS) is 16.6. The van der Waals surface area contributed by atoms with Crippen molar-refractivity contribution >= 4 is 5.91 Å². The summed E-state index contributed by atoms with van der Waals surface area (Å²) in [6.07, 6.45) is 0. The van der Waals surface area contributed by atoms with Crippen molar-refractivity contribution in [3.63, 3.8) is 0 Å². The Hall–Kier alpha value is -1.93. The van der Waals surface area contributed by atoms with E-state index in [0.29, 0.717) is 37.3 Å². The molecule has 0 unspecified atom stereocenters. The Kier molecular flexibility index (Phi) is 4.29. The summed E-state index contributed by atoms with van der Waals surface area (Å²) in [5, 5.41) is 9.15. The van der Waals surface area contributed by atoms with Crippen molar-refractivity contribution in [3.8, 4) is 6.07 Å². The van der Waals surface area contributed by atoms with Crippen LogP contribution in [-0.2, 0) is 0 Å². The van der Waals surface area contributed by atoms with Gasteiger partial charge in [-0.05, 0) is 44.5 Å². The molecule has 0 aliphatic carbocycles. The van der Waals surface area contributed by atoms with E-state index in [0.717, 1.165) is 0 Å². The maximum absolute atomic E-state index is 13.3. The Morgan fingerprint density at radius 3 is 2.43 bits per heavy atom. The number of carbonyl (C=O) groups excluding carboxylic acids is 1. The molecule has 1 aromatic carbocycles. The maximum atomic E-state index is 13.3. The molecule has 112 valence electrons. The first-order valence-electron chi connectivity index (χ1n) is 7.07. The van der Waals surface area contributed by atoms with Crippen LogP contribution in [-0.4, -0.2) is 47.4 Å². The van der Waals surface area contributed by atoms with E-state index in [1.807, 2.05) is 13.8 Å². The van der Waals surface area contributed by atoms with Crippen LogP contribution in [0.3, 0.4) is 0 Å². The second-order valence-corrected chi connectivity index (χ2v) is 5.91. The first-order valence-corrected chi connectivity index (χ1v) is 7.07. The van der Waals surface area contributed by atoms with Gasteiger partial charge in [0.25, 0.3) is 5.91 Å². The number of aryl methyl sites for hydroxylation is 1. The molecule has 1 aromatic rings. The van der Waals surface area contributed by atoms with Crippen LogP contribution in [0.25, 0.3) is 0 Å². The zero-order chi connectivity index (χ0) is 15.6. The number of halogens is 1. The van der Waals surface area contributed by atoms with Crippen LogP contribution in [0, 0.1) is 24.1 Å². The molecule has 4 nitrogen and oxygen atoms in total. The van der Waals surface area contributed by atoms with E-state index in [2.05, 4.69) is 11.0 Å². The first kappa shape index (κ1) is 15.5. The largest absolute Gasteiger partial charge is 0.336 e. The van der Waals surface area contributed by atoms with Crippen LogP contribution in [0.4, 0.5) is 4.39 Å². The number of rotatable bonds is 2. The fourth-order valence-electron chi connectivity index (χ4n) is 2.50. The van der Waals surface area contributed by atoms with Crippen molar-refractivity contribution in [2.45, 2.75) is 26.3 Å². The highest BCUT2D eigenvalue weighted by atomic mass is 19.1. The molecule has 21 heavy (non-hydrogen) atoms. The molecule has 0 saturated carbocycles. The molecule has 5 heteroatoms. The number of hydrogen-bond acceptors (Lipinski definition) is 3. The molecule has 0 aromatic heterocycles. The number of nitriles is 1. The highest BCUT2D eigenvalue weighted by molar-refractivity contribution is 5.94. The minimum atomic E-state index is -0.512. The minimum Gasteiger partial charge on any atom is -0.336 e. The molecule has 2 rings (SSSR count). The molecule has 0 spiro atoms. The molecule has 1 saturated heterocycles. The van der Waals surface area contributed by atoms with E-state index >= 15 is 0 Å². The monoisotopic (exact) mass is 289 g/mol. The van der Waals surface area contributed by atoms with E-state index in [-0.39, 0.29) is 11.7 Å². The van der Waals surface area contributed by atoms with Crippen molar-refractivity contribution in [2.75, 3.05) is 26.2 Å². The summed E-state index contributed by atoms with van der Waals surface area (Å²) in [6, 6.07) is 6.72. The molecule has 1 amide bonds. The third kappa shape index (κ3) is 3.22. The van der Waals surface area contributed by atoms with Crippen molar-refractivity contribution in [2.24, 2.45) is 0 Å². The van der Waals surface area contributed by atoms with Crippen molar-refractivity contribution in [1.82, 2.24) is 9.80 Å². The Morgan fingerprint density at radius 2 is 1.90 bits per heavy atom. The molecule has 1 aliphatic rings. The molecule has 0 atom stereocenters. The highest BCUT2D eigenvalue weighted by Crippen LogP contribution is 2.18.